The molecule has 1 aliphatic heterocycles. The van der Waals surface area contributed by atoms with Gasteiger partial charge in [-0.05, 0) is 37.8 Å². The molecule has 0 bridgehead atoms. The van der Waals surface area contributed by atoms with E-state index in [9.17, 15) is 9.90 Å². The third kappa shape index (κ3) is 2.68. The van der Waals surface area contributed by atoms with Crippen LogP contribution in [0.3, 0.4) is 0 Å². The Bertz CT molecular complexity index is 536. The van der Waals surface area contributed by atoms with Crippen LogP contribution in [0, 0.1) is 24.2 Å². The minimum absolute atomic E-state index is 0.0825. The minimum Gasteiger partial charge on any atom is -0.480 e. The predicted octanol–water partition coefficient (Wildman–Crippen LogP) is 1.95. The van der Waals surface area contributed by atoms with Crippen LogP contribution in [0.2, 0.25) is 0 Å². The number of aliphatic carboxylic acids is 1. The van der Waals surface area contributed by atoms with Crippen LogP contribution < -0.4 is 4.90 Å². The number of aromatic nitrogens is 1. The molecule has 1 aromatic rings. The van der Waals surface area contributed by atoms with Gasteiger partial charge in [0.2, 0.25) is 0 Å². The molecule has 0 aromatic carbocycles. The van der Waals surface area contributed by atoms with Crippen LogP contribution in [0.25, 0.3) is 0 Å². The Morgan fingerprint density at radius 2 is 2.32 bits per heavy atom. The van der Waals surface area contributed by atoms with Crippen molar-refractivity contribution < 1.29 is 9.90 Å². The maximum absolute atomic E-state index is 11.5. The zero-order valence-corrected chi connectivity index (χ0v) is 11.1. The van der Waals surface area contributed by atoms with E-state index < -0.39 is 12.0 Å². The Kier molecular flexibility index (Phi) is 3.70. The van der Waals surface area contributed by atoms with E-state index in [2.05, 4.69) is 11.1 Å². The molecule has 1 saturated heterocycles. The van der Waals surface area contributed by atoms with Crippen LogP contribution in [0.15, 0.2) is 12.1 Å². The van der Waals surface area contributed by atoms with Crippen molar-refractivity contribution in [3.63, 3.8) is 0 Å². The van der Waals surface area contributed by atoms with Crippen LogP contribution in [-0.2, 0) is 4.79 Å². The second-order valence-electron chi connectivity index (χ2n) is 5.06. The van der Waals surface area contributed by atoms with E-state index in [0.29, 0.717) is 17.9 Å². The molecule has 0 radical (unpaired) electrons. The molecule has 19 heavy (non-hydrogen) atoms. The van der Waals surface area contributed by atoms with Gasteiger partial charge in [0.15, 0.2) is 0 Å². The van der Waals surface area contributed by atoms with E-state index in [4.69, 9.17) is 5.26 Å². The molecule has 0 saturated carbocycles. The molecule has 2 atom stereocenters. The number of carbonyl (C=O) groups is 1. The lowest BCUT2D eigenvalue weighted by atomic mass is 9.90. The summed E-state index contributed by atoms with van der Waals surface area (Å²) in [7, 11) is 0. The van der Waals surface area contributed by atoms with Gasteiger partial charge in [-0.25, -0.2) is 9.78 Å². The van der Waals surface area contributed by atoms with Crippen molar-refractivity contribution in [1.29, 1.82) is 5.26 Å². The summed E-state index contributed by atoms with van der Waals surface area (Å²) in [6.45, 7) is 4.43. The number of hydrogen-bond donors (Lipinski definition) is 1. The number of aryl methyl sites for hydroxylation is 1. The average molecular weight is 259 g/mol. The van der Waals surface area contributed by atoms with Crippen LogP contribution in [0.4, 0.5) is 5.82 Å². The van der Waals surface area contributed by atoms with Gasteiger partial charge in [0.05, 0.1) is 11.6 Å². The molecule has 2 heterocycles. The first-order valence-electron chi connectivity index (χ1n) is 6.41. The number of pyridine rings is 1. The van der Waals surface area contributed by atoms with E-state index in [-0.39, 0.29) is 5.92 Å². The molecular formula is C14H17N3O2. The highest BCUT2D eigenvalue weighted by molar-refractivity contribution is 5.78. The average Bonchev–Trinajstić information content (AvgIpc) is 2.37. The van der Waals surface area contributed by atoms with Crippen LogP contribution in [-0.4, -0.2) is 28.6 Å². The van der Waals surface area contributed by atoms with Crippen molar-refractivity contribution in [3.8, 4) is 6.07 Å². The first kappa shape index (κ1) is 13.3. The second kappa shape index (κ2) is 5.27. The normalized spacial score (nSPS) is 22.9. The van der Waals surface area contributed by atoms with Crippen LogP contribution in [0.5, 0.6) is 0 Å². The maximum Gasteiger partial charge on any atom is 0.326 e. The molecule has 2 rings (SSSR count). The molecule has 0 spiro atoms. The Labute approximate surface area is 112 Å². The van der Waals surface area contributed by atoms with E-state index in [1.807, 2.05) is 18.7 Å². The van der Waals surface area contributed by atoms with Gasteiger partial charge in [0.1, 0.15) is 11.9 Å². The molecule has 1 aliphatic rings. The fourth-order valence-electron chi connectivity index (χ4n) is 2.68. The molecule has 5 heteroatoms. The van der Waals surface area contributed by atoms with Crippen molar-refractivity contribution in [1.82, 2.24) is 4.98 Å². The summed E-state index contributed by atoms with van der Waals surface area (Å²) in [6.07, 6.45) is 1.85. The lowest BCUT2D eigenvalue weighted by molar-refractivity contribution is -0.140. The van der Waals surface area contributed by atoms with Gasteiger partial charge >= 0.3 is 5.97 Å². The quantitative estimate of drug-likeness (QED) is 0.878. The maximum atomic E-state index is 11.5. The van der Waals surface area contributed by atoms with E-state index >= 15 is 0 Å². The highest BCUT2D eigenvalue weighted by atomic mass is 16.4. The highest BCUT2D eigenvalue weighted by Gasteiger charge is 2.35. The number of carboxylic acids is 1. The first-order valence-corrected chi connectivity index (χ1v) is 6.41. The van der Waals surface area contributed by atoms with Gasteiger partial charge in [-0.15, -0.1) is 0 Å². The van der Waals surface area contributed by atoms with Crippen LogP contribution in [0.1, 0.15) is 31.0 Å². The number of nitrogens with zero attached hydrogens (tertiary/aromatic N) is 3. The third-order valence-electron chi connectivity index (χ3n) is 3.55. The van der Waals surface area contributed by atoms with E-state index in [1.165, 1.54) is 0 Å². The van der Waals surface area contributed by atoms with Crippen molar-refractivity contribution in [2.45, 2.75) is 32.7 Å². The summed E-state index contributed by atoms with van der Waals surface area (Å²) in [5.41, 5.74) is 1.25. The number of carboxylic acid groups (broad SMARTS) is 1. The minimum atomic E-state index is -0.825. The lowest BCUT2D eigenvalue weighted by Gasteiger charge is -2.38. The Morgan fingerprint density at radius 1 is 1.58 bits per heavy atom. The van der Waals surface area contributed by atoms with E-state index in [1.54, 1.807) is 12.1 Å². The molecular weight excluding hydrogens is 242 g/mol. The van der Waals surface area contributed by atoms with Crippen molar-refractivity contribution in [3.05, 3.63) is 23.4 Å². The number of anilines is 1. The second-order valence-corrected chi connectivity index (χ2v) is 5.06. The van der Waals surface area contributed by atoms with Crippen molar-refractivity contribution in [2.24, 2.45) is 5.92 Å². The van der Waals surface area contributed by atoms with Crippen molar-refractivity contribution in [2.75, 3.05) is 11.4 Å². The van der Waals surface area contributed by atoms with Gasteiger partial charge in [0.25, 0.3) is 0 Å². The third-order valence-corrected chi connectivity index (χ3v) is 3.55. The van der Waals surface area contributed by atoms with Gasteiger partial charge < -0.3 is 10.0 Å². The summed E-state index contributed by atoms with van der Waals surface area (Å²) in [5, 5.41) is 18.4. The summed E-state index contributed by atoms with van der Waals surface area (Å²) >= 11 is 0. The first-order chi connectivity index (χ1) is 9.02. The van der Waals surface area contributed by atoms with Crippen molar-refractivity contribution >= 4 is 11.8 Å². The van der Waals surface area contributed by atoms with Gasteiger partial charge in [-0.2, -0.15) is 5.26 Å². The number of rotatable bonds is 2. The Hall–Kier alpha value is -2.09. The molecule has 1 fully saturated rings. The monoisotopic (exact) mass is 259 g/mol. The fourth-order valence-corrected chi connectivity index (χ4v) is 2.68. The topological polar surface area (TPSA) is 77.2 Å². The smallest absolute Gasteiger partial charge is 0.326 e. The summed E-state index contributed by atoms with van der Waals surface area (Å²) in [4.78, 5) is 17.6. The van der Waals surface area contributed by atoms with Gasteiger partial charge in [-0.1, -0.05) is 6.92 Å². The molecule has 0 aliphatic carbocycles. The summed E-state index contributed by atoms with van der Waals surface area (Å²) in [6, 6.07) is 4.90. The SMILES string of the molecule is Cc1cc(C#N)cc(N2CCCC(C)C2C(=O)O)n1. The number of hydrogen-bond acceptors (Lipinski definition) is 4. The number of nitriles is 1. The summed E-state index contributed by atoms with van der Waals surface area (Å²) < 4.78 is 0. The van der Waals surface area contributed by atoms with Gasteiger partial charge in [0, 0.05) is 12.2 Å². The van der Waals surface area contributed by atoms with Crippen LogP contribution >= 0.6 is 0 Å². The Morgan fingerprint density at radius 3 is 2.95 bits per heavy atom. The predicted molar refractivity (Wildman–Crippen MR) is 70.9 cm³/mol. The molecule has 2 unspecified atom stereocenters. The number of piperidine rings is 1. The molecule has 0 amide bonds. The van der Waals surface area contributed by atoms with E-state index in [0.717, 1.165) is 18.5 Å². The zero-order chi connectivity index (χ0) is 14.0. The molecule has 1 N–H and O–H groups in total. The fraction of sp³-hybridized carbons (Fsp3) is 0.500. The standard InChI is InChI=1S/C14H17N3O2/c1-9-4-3-5-17(13(9)14(18)19)12-7-11(8-15)6-10(2)16-12/h6-7,9,13H,3-5H2,1-2H3,(H,18,19). The largest absolute Gasteiger partial charge is 0.480 e. The molecule has 100 valence electrons. The van der Waals surface area contributed by atoms with Gasteiger partial charge in [-0.3, -0.25) is 0 Å². The molecule has 1 aromatic heterocycles. The summed E-state index contributed by atoms with van der Waals surface area (Å²) in [5.74, 6) is -0.149. The lowest BCUT2D eigenvalue weighted by Crippen LogP contribution is -2.49. The Balaban J connectivity index is 2.41. The highest BCUT2D eigenvalue weighted by Crippen LogP contribution is 2.28. The zero-order valence-electron chi connectivity index (χ0n) is 11.1. The molecule has 5 nitrogen and oxygen atoms in total.